The van der Waals surface area contributed by atoms with Crippen molar-refractivity contribution in [2.75, 3.05) is 6.61 Å². The first-order valence-corrected chi connectivity index (χ1v) is 12.3. The van der Waals surface area contributed by atoms with Crippen molar-refractivity contribution in [2.45, 2.75) is 18.0 Å². The molecule has 180 valence electrons. The van der Waals surface area contributed by atoms with E-state index in [1.165, 1.54) is 4.31 Å². The minimum Gasteiger partial charge on any atom is -1.00 e. The number of benzene rings is 3. The maximum absolute atomic E-state index is 13.5. The van der Waals surface area contributed by atoms with E-state index < -0.39 is 22.6 Å². The van der Waals surface area contributed by atoms with Crippen molar-refractivity contribution in [1.82, 2.24) is 9.29 Å². The number of hydrogen-bond donors (Lipinski definition) is 1. The van der Waals surface area contributed by atoms with E-state index in [4.69, 9.17) is 9.84 Å². The quantitative estimate of drug-likeness (QED) is 0.325. The van der Waals surface area contributed by atoms with E-state index in [-0.39, 0.29) is 49.0 Å². The van der Waals surface area contributed by atoms with Gasteiger partial charge in [-0.25, -0.2) is 13.2 Å². The number of carbonyl (C=O) groups is 1. The van der Waals surface area contributed by atoms with E-state index >= 15 is 0 Å². The van der Waals surface area contributed by atoms with Crippen molar-refractivity contribution in [2.24, 2.45) is 0 Å². The Balaban J connectivity index is 0.00000241. The normalized spacial score (nSPS) is 11.0. The predicted molar refractivity (Wildman–Crippen MR) is 133 cm³/mol. The minimum atomic E-state index is -3.81. The number of rotatable bonds is 10. The molecule has 9 heteroatoms. The van der Waals surface area contributed by atoms with Gasteiger partial charge in [-0.15, -0.1) is 0 Å². The molecule has 1 aromatic heterocycles. The monoisotopic (exact) mass is 512 g/mol. The van der Waals surface area contributed by atoms with Gasteiger partial charge in [0.15, 0.2) is 6.61 Å². The Hall–Kier alpha value is -3.01. The Morgan fingerprint density at radius 2 is 1.47 bits per heavy atom. The number of carboxylic acids is 1. The fourth-order valence-corrected chi connectivity index (χ4v) is 5.04. The van der Waals surface area contributed by atoms with E-state index in [0.29, 0.717) is 11.3 Å². The van der Waals surface area contributed by atoms with Crippen LogP contribution in [0, 0.1) is 0 Å². The standard InChI is InChI=1S/C27H24N2O5S.Na.H/c30-27(31)20-34-25-6-4-5-22(17-25)19-29(35(32,33)26-7-2-1-3-8-26)18-21-9-11-23(12-10-21)24-13-15-28-16-14-24;;/h1-17H,18-20H2,(H,30,31);;/q;+1;-1. The second-order valence-electron chi connectivity index (χ2n) is 7.85. The summed E-state index contributed by atoms with van der Waals surface area (Å²) < 4.78 is 33.7. The molecule has 0 aliphatic rings. The summed E-state index contributed by atoms with van der Waals surface area (Å²) in [5, 5.41) is 8.86. The maximum atomic E-state index is 13.5. The summed E-state index contributed by atoms with van der Waals surface area (Å²) >= 11 is 0. The van der Waals surface area contributed by atoms with Crippen LogP contribution in [0.5, 0.6) is 5.75 Å². The zero-order valence-corrected chi connectivity index (χ0v) is 22.6. The molecule has 4 aromatic rings. The maximum Gasteiger partial charge on any atom is 1.00 e. The molecule has 0 saturated carbocycles. The van der Waals surface area contributed by atoms with Crippen LogP contribution in [0.2, 0.25) is 0 Å². The number of aromatic nitrogens is 1. The predicted octanol–water partition coefficient (Wildman–Crippen LogP) is 1.72. The Morgan fingerprint density at radius 3 is 2.14 bits per heavy atom. The Labute approximate surface area is 234 Å². The van der Waals surface area contributed by atoms with Crippen LogP contribution in [0.3, 0.4) is 0 Å². The first-order chi connectivity index (χ1) is 16.9. The number of aliphatic carboxylic acids is 1. The van der Waals surface area contributed by atoms with Crippen LogP contribution < -0.4 is 34.3 Å². The second-order valence-corrected chi connectivity index (χ2v) is 9.79. The van der Waals surface area contributed by atoms with Crippen LogP contribution in [0.4, 0.5) is 0 Å². The minimum absolute atomic E-state index is 0. The smallest absolute Gasteiger partial charge is 1.00 e. The topological polar surface area (TPSA) is 96.8 Å². The van der Waals surface area contributed by atoms with Crippen LogP contribution in [0.1, 0.15) is 12.6 Å². The molecule has 7 nitrogen and oxygen atoms in total. The van der Waals surface area contributed by atoms with Crippen LogP contribution in [-0.2, 0) is 27.9 Å². The van der Waals surface area contributed by atoms with E-state index in [0.717, 1.165) is 16.7 Å². The Morgan fingerprint density at radius 1 is 0.833 bits per heavy atom. The van der Waals surface area contributed by atoms with Crippen LogP contribution >= 0.6 is 0 Å². The van der Waals surface area contributed by atoms with Crippen molar-refractivity contribution < 1.29 is 54.0 Å². The third-order valence-corrected chi connectivity index (χ3v) is 7.13. The number of ether oxygens (including phenoxy) is 1. The molecule has 0 radical (unpaired) electrons. The van der Waals surface area contributed by atoms with Gasteiger partial charge < -0.3 is 11.3 Å². The van der Waals surface area contributed by atoms with Crippen molar-refractivity contribution in [3.8, 4) is 16.9 Å². The number of pyridine rings is 1. The first-order valence-electron chi connectivity index (χ1n) is 10.9. The van der Waals surface area contributed by atoms with Gasteiger partial charge in [0.1, 0.15) is 5.75 Å². The Bertz CT molecular complexity index is 1390. The summed E-state index contributed by atoms with van der Waals surface area (Å²) in [7, 11) is -3.81. The summed E-state index contributed by atoms with van der Waals surface area (Å²) in [4.78, 5) is 15.1. The Kier molecular flexibility index (Phi) is 9.81. The summed E-state index contributed by atoms with van der Waals surface area (Å²) in [5.41, 5.74) is 3.55. The molecule has 0 spiro atoms. The third-order valence-electron chi connectivity index (χ3n) is 5.33. The molecule has 0 fully saturated rings. The molecule has 0 bridgehead atoms. The summed E-state index contributed by atoms with van der Waals surface area (Å²) in [6.45, 7) is -0.221. The van der Waals surface area contributed by atoms with Gasteiger partial charge in [0.25, 0.3) is 0 Å². The molecule has 36 heavy (non-hydrogen) atoms. The summed E-state index contributed by atoms with van der Waals surface area (Å²) in [6, 6.07) is 26.7. The molecule has 0 saturated heterocycles. The van der Waals surface area contributed by atoms with E-state index in [1.807, 2.05) is 36.4 Å². The molecule has 0 amide bonds. The van der Waals surface area contributed by atoms with E-state index in [1.54, 1.807) is 67.0 Å². The molecule has 0 aliphatic carbocycles. The SMILES string of the molecule is O=C(O)COc1cccc(CN(Cc2ccc(-c3ccncc3)cc2)S(=O)(=O)c2ccccc2)c1.[H-].[Na+]. The van der Waals surface area contributed by atoms with Gasteiger partial charge in [0.2, 0.25) is 10.0 Å². The van der Waals surface area contributed by atoms with E-state index in [2.05, 4.69) is 4.98 Å². The van der Waals surface area contributed by atoms with Gasteiger partial charge in [0, 0.05) is 25.5 Å². The summed E-state index contributed by atoms with van der Waals surface area (Å²) in [5.74, 6) is -0.720. The molecule has 1 heterocycles. The van der Waals surface area contributed by atoms with E-state index in [9.17, 15) is 13.2 Å². The third kappa shape index (κ3) is 7.25. The fourth-order valence-electron chi connectivity index (χ4n) is 3.60. The van der Waals surface area contributed by atoms with Gasteiger partial charge in [-0.2, -0.15) is 4.31 Å². The van der Waals surface area contributed by atoms with Gasteiger partial charge in [0.05, 0.1) is 4.90 Å². The molecule has 3 aromatic carbocycles. The van der Waals surface area contributed by atoms with Gasteiger partial charge >= 0.3 is 35.5 Å². The fraction of sp³-hybridized carbons (Fsp3) is 0.111. The van der Waals surface area contributed by atoms with Gasteiger partial charge in [-0.05, 0) is 58.7 Å². The zero-order valence-electron chi connectivity index (χ0n) is 20.8. The number of nitrogens with zero attached hydrogens (tertiary/aromatic N) is 2. The van der Waals surface area contributed by atoms with Crippen molar-refractivity contribution in [3.63, 3.8) is 0 Å². The van der Waals surface area contributed by atoms with Crippen molar-refractivity contribution in [1.29, 1.82) is 0 Å². The zero-order chi connectivity index (χ0) is 24.7. The molecule has 0 aliphatic heterocycles. The molecule has 0 unspecified atom stereocenters. The summed E-state index contributed by atoms with van der Waals surface area (Å²) in [6.07, 6.45) is 3.46. The van der Waals surface area contributed by atoms with Crippen molar-refractivity contribution >= 4 is 16.0 Å². The largest absolute Gasteiger partial charge is 1.00 e. The average molecular weight is 513 g/mol. The van der Waals surface area contributed by atoms with Crippen LogP contribution in [0.25, 0.3) is 11.1 Å². The molecular weight excluding hydrogens is 487 g/mol. The van der Waals surface area contributed by atoms with Crippen molar-refractivity contribution in [3.05, 3.63) is 115 Å². The first kappa shape index (κ1) is 27.6. The molecule has 0 atom stereocenters. The number of hydrogen-bond acceptors (Lipinski definition) is 5. The van der Waals surface area contributed by atoms with Gasteiger partial charge in [-0.3, -0.25) is 4.98 Å². The van der Waals surface area contributed by atoms with Crippen LogP contribution in [-0.4, -0.2) is 35.4 Å². The number of sulfonamides is 1. The molecular formula is C27H25N2NaO5S. The molecule has 4 rings (SSSR count). The average Bonchev–Trinajstić information content (AvgIpc) is 2.89. The number of carboxylic acid groups (broad SMARTS) is 1. The second kappa shape index (κ2) is 12.8. The van der Waals surface area contributed by atoms with Gasteiger partial charge in [-0.1, -0.05) is 54.6 Å². The van der Waals surface area contributed by atoms with Crippen LogP contribution in [0.15, 0.2) is 108 Å². The molecule has 1 N–H and O–H groups in total.